The van der Waals surface area contributed by atoms with E-state index >= 15 is 0 Å². The predicted octanol–water partition coefficient (Wildman–Crippen LogP) is 1.77. The Morgan fingerprint density at radius 2 is 2.00 bits per heavy atom. The van der Waals surface area contributed by atoms with Gasteiger partial charge in [0.2, 0.25) is 0 Å². The molecule has 1 fully saturated rings. The van der Waals surface area contributed by atoms with Gasteiger partial charge in [-0.15, -0.1) is 0 Å². The van der Waals surface area contributed by atoms with Gasteiger partial charge >= 0.3 is 0 Å². The van der Waals surface area contributed by atoms with Crippen LogP contribution in [0.3, 0.4) is 0 Å². The Morgan fingerprint density at radius 1 is 1.36 bits per heavy atom. The van der Waals surface area contributed by atoms with Gasteiger partial charge < -0.3 is 19.1 Å². The third-order valence-electron chi connectivity index (χ3n) is 3.55. The highest BCUT2D eigenvalue weighted by Crippen LogP contribution is 2.44. The standard InChI is InChI=1S/C14H29BNO4PS/c1-6-7-18-13-12(16-21(17,22)10(4)5)11(20-14(13)15)8-19-9(2)3/h9-14H,6-8H2,1-5H3,(H2,16,17,22)/t11-,12?,13+,14-,21?/m1/s1. The lowest BCUT2D eigenvalue weighted by Gasteiger charge is -2.31. The highest BCUT2D eigenvalue weighted by atomic mass is 32.4. The molecular formula is C14H29BNO4PS. The summed E-state index contributed by atoms with van der Waals surface area (Å²) in [6, 6.07) is -0.814. The lowest BCUT2D eigenvalue weighted by atomic mass is 9.92. The van der Waals surface area contributed by atoms with E-state index in [0.717, 1.165) is 6.42 Å². The van der Waals surface area contributed by atoms with E-state index in [1.807, 2.05) is 34.6 Å². The van der Waals surface area contributed by atoms with Gasteiger partial charge in [-0.2, -0.15) is 0 Å². The highest BCUT2D eigenvalue weighted by Gasteiger charge is 2.44. The number of hydrogen-bond donors (Lipinski definition) is 2. The van der Waals surface area contributed by atoms with Crippen LogP contribution in [0.4, 0.5) is 0 Å². The Labute approximate surface area is 141 Å². The van der Waals surface area contributed by atoms with Gasteiger partial charge in [-0.05, 0) is 20.3 Å². The average molecular weight is 349 g/mol. The first-order valence-electron chi connectivity index (χ1n) is 7.93. The zero-order valence-corrected chi connectivity index (χ0v) is 15.9. The average Bonchev–Trinajstić information content (AvgIpc) is 2.69. The van der Waals surface area contributed by atoms with Crippen molar-refractivity contribution in [3.63, 3.8) is 0 Å². The van der Waals surface area contributed by atoms with Gasteiger partial charge in [0.1, 0.15) is 14.3 Å². The Balaban J connectivity index is 2.84. The molecule has 0 aromatic heterocycles. The van der Waals surface area contributed by atoms with Gasteiger partial charge in [-0.1, -0.05) is 32.6 Å². The molecule has 8 heteroatoms. The van der Waals surface area contributed by atoms with E-state index in [1.54, 1.807) is 0 Å². The first kappa shape index (κ1) is 20.6. The number of hydrogen-bond acceptors (Lipinski definition) is 4. The quantitative estimate of drug-likeness (QED) is 0.489. The van der Waals surface area contributed by atoms with E-state index in [0.29, 0.717) is 13.2 Å². The van der Waals surface area contributed by atoms with Gasteiger partial charge in [0.15, 0.2) is 0 Å². The van der Waals surface area contributed by atoms with Crippen LogP contribution >= 0.6 is 6.42 Å². The van der Waals surface area contributed by atoms with Crippen LogP contribution in [0.15, 0.2) is 0 Å². The zero-order chi connectivity index (χ0) is 16.9. The third kappa shape index (κ3) is 5.86. The van der Waals surface area contributed by atoms with E-state index in [-0.39, 0.29) is 30.0 Å². The molecule has 1 heterocycles. The summed E-state index contributed by atoms with van der Waals surface area (Å²) in [5.74, 6) is 0. The zero-order valence-electron chi connectivity index (χ0n) is 14.2. The molecule has 22 heavy (non-hydrogen) atoms. The number of nitrogens with one attached hydrogen (secondary N) is 1. The van der Waals surface area contributed by atoms with Crippen molar-refractivity contribution >= 4 is 26.1 Å². The fourth-order valence-electron chi connectivity index (χ4n) is 2.18. The second kappa shape index (κ2) is 9.12. The van der Waals surface area contributed by atoms with Crippen molar-refractivity contribution in [3.05, 3.63) is 0 Å². The molecule has 1 saturated heterocycles. The molecule has 0 aromatic carbocycles. The molecule has 0 amide bonds. The van der Waals surface area contributed by atoms with Gasteiger partial charge in [-0.25, -0.2) is 0 Å². The van der Waals surface area contributed by atoms with Gasteiger partial charge in [0.25, 0.3) is 0 Å². The van der Waals surface area contributed by atoms with E-state index < -0.39 is 12.4 Å². The topological polar surface area (TPSA) is 60.0 Å². The SMILES string of the molecule is [B][C@@H]1O[C@H](COC(C)C)C(NP(O)(=S)C(C)C)[C@@H]1OCCC. The maximum atomic E-state index is 10.5. The smallest absolute Gasteiger partial charge is 0.129 e. The van der Waals surface area contributed by atoms with Crippen LogP contribution in [-0.2, 0) is 26.0 Å². The molecule has 2 N–H and O–H groups in total. The molecule has 0 aromatic rings. The van der Waals surface area contributed by atoms with Crippen LogP contribution in [0, 0.1) is 0 Å². The van der Waals surface area contributed by atoms with Crippen LogP contribution in [0.1, 0.15) is 41.0 Å². The molecule has 1 aliphatic rings. The first-order chi connectivity index (χ1) is 10.2. The second-order valence-electron chi connectivity index (χ2n) is 6.23. The lowest BCUT2D eigenvalue weighted by molar-refractivity contribution is -0.0246. The fraction of sp³-hybridized carbons (Fsp3) is 1.00. The minimum absolute atomic E-state index is 0.0298. The van der Waals surface area contributed by atoms with E-state index in [2.05, 4.69) is 5.09 Å². The van der Waals surface area contributed by atoms with Crippen molar-refractivity contribution in [1.82, 2.24) is 5.09 Å². The van der Waals surface area contributed by atoms with Crippen molar-refractivity contribution in [3.8, 4) is 0 Å². The Morgan fingerprint density at radius 3 is 2.50 bits per heavy atom. The normalized spacial score (nSPS) is 31.8. The predicted molar refractivity (Wildman–Crippen MR) is 94.1 cm³/mol. The van der Waals surface area contributed by atoms with Crippen molar-refractivity contribution in [2.45, 2.75) is 77.1 Å². The van der Waals surface area contributed by atoms with Crippen molar-refractivity contribution in [1.29, 1.82) is 0 Å². The molecule has 128 valence electrons. The molecule has 2 radical (unpaired) electrons. The summed E-state index contributed by atoms with van der Waals surface area (Å²) >= 11 is 5.36. The molecule has 1 rings (SSSR count). The summed E-state index contributed by atoms with van der Waals surface area (Å²) in [7, 11) is 6.06. The van der Waals surface area contributed by atoms with E-state index in [4.69, 9.17) is 33.9 Å². The second-order valence-corrected chi connectivity index (χ2v) is 10.4. The largest absolute Gasteiger partial charge is 0.378 e. The van der Waals surface area contributed by atoms with Crippen molar-refractivity contribution in [2.75, 3.05) is 13.2 Å². The summed E-state index contributed by atoms with van der Waals surface area (Å²) in [5.41, 5.74) is -0.0298. The Kier molecular flexibility index (Phi) is 8.52. The van der Waals surface area contributed by atoms with Crippen LogP contribution < -0.4 is 5.09 Å². The van der Waals surface area contributed by atoms with Gasteiger partial charge in [0, 0.05) is 18.3 Å². The highest BCUT2D eigenvalue weighted by molar-refractivity contribution is 8.11. The maximum Gasteiger partial charge on any atom is 0.129 e. The van der Waals surface area contributed by atoms with Crippen LogP contribution in [0.2, 0.25) is 0 Å². The number of rotatable bonds is 9. The molecular weight excluding hydrogens is 320 g/mol. The molecule has 0 saturated carbocycles. The Bertz CT molecular complexity index is 386. The summed E-state index contributed by atoms with van der Waals surface area (Å²) < 4.78 is 17.3. The molecule has 1 aliphatic heterocycles. The first-order valence-corrected chi connectivity index (χ1v) is 10.8. The summed E-state index contributed by atoms with van der Waals surface area (Å²) in [6.07, 6.45) is -2.32. The molecule has 5 nitrogen and oxygen atoms in total. The Hall–Kier alpha value is 0.515. The minimum Gasteiger partial charge on any atom is -0.378 e. The monoisotopic (exact) mass is 349 g/mol. The van der Waals surface area contributed by atoms with Crippen molar-refractivity contribution in [2.24, 2.45) is 0 Å². The van der Waals surface area contributed by atoms with E-state index in [9.17, 15) is 4.89 Å². The van der Waals surface area contributed by atoms with Gasteiger partial charge in [-0.3, -0.25) is 5.09 Å². The van der Waals surface area contributed by atoms with Crippen LogP contribution in [0.5, 0.6) is 0 Å². The molecule has 0 bridgehead atoms. The molecule has 5 atom stereocenters. The summed E-state index contributed by atoms with van der Waals surface area (Å²) in [4.78, 5) is 10.5. The fourth-order valence-corrected chi connectivity index (χ4v) is 3.59. The summed E-state index contributed by atoms with van der Waals surface area (Å²) in [5, 5.41) is 3.19. The molecule has 0 spiro atoms. The minimum atomic E-state index is -2.68. The molecule has 0 aliphatic carbocycles. The van der Waals surface area contributed by atoms with Crippen molar-refractivity contribution < 1.29 is 19.1 Å². The van der Waals surface area contributed by atoms with Crippen LogP contribution in [0.25, 0.3) is 0 Å². The molecule has 2 unspecified atom stereocenters. The third-order valence-corrected chi connectivity index (χ3v) is 7.20. The summed E-state index contributed by atoms with van der Waals surface area (Å²) in [6.45, 7) is 10.8. The van der Waals surface area contributed by atoms with Crippen LogP contribution in [-0.4, -0.2) is 62.0 Å². The lowest BCUT2D eigenvalue weighted by Crippen LogP contribution is -2.47. The van der Waals surface area contributed by atoms with E-state index in [1.165, 1.54) is 0 Å². The van der Waals surface area contributed by atoms with Gasteiger partial charge in [0.05, 0.1) is 31.0 Å². The number of ether oxygens (including phenoxy) is 3. The maximum absolute atomic E-state index is 10.5.